The predicted octanol–water partition coefficient (Wildman–Crippen LogP) is 2.73. The Balaban J connectivity index is -0.000000283. The van der Waals surface area contributed by atoms with Crippen molar-refractivity contribution in [2.24, 2.45) is 0 Å². The fourth-order valence-corrected chi connectivity index (χ4v) is 4.25. The number of β-amino-alcohol motifs (C(OH)–C–C–N with tert-alkyl or cyclic N) is 1. The summed E-state index contributed by atoms with van der Waals surface area (Å²) >= 11 is 0. The van der Waals surface area contributed by atoms with Gasteiger partial charge in [-0.15, -0.1) is 0 Å². The lowest BCUT2D eigenvalue weighted by Gasteiger charge is -2.27. The number of esters is 3. The molecule has 25 nitrogen and oxygen atoms in total. The fourth-order valence-electron chi connectivity index (χ4n) is 4.25. The molecule has 0 saturated carbocycles. The SMILES string of the molecule is C.C.C=CC(=O)OCCO.C=CC(=O)OCCOC(C)(C)OCCOC(=O)C=C.CC(C)(OCCN1C(=O)C=CC1=O)OCCN1C(=O)C=CC1=O.COC(C)(C)OC.COC(C)(C)OC.O=C1C=CC(=O)N1CCO. The maximum atomic E-state index is 11.4. The zero-order valence-electron chi connectivity index (χ0n) is 44.7. The first-order chi connectivity index (χ1) is 34.5. The van der Waals surface area contributed by atoms with Gasteiger partial charge in [-0.3, -0.25) is 43.5 Å². The van der Waals surface area contributed by atoms with Crippen LogP contribution < -0.4 is 0 Å². The third kappa shape index (κ3) is 39.3. The summed E-state index contributed by atoms with van der Waals surface area (Å²) in [6, 6.07) is 0. The van der Waals surface area contributed by atoms with Gasteiger partial charge in [0.15, 0.2) is 23.1 Å². The van der Waals surface area contributed by atoms with E-state index in [-0.39, 0.29) is 129 Å². The molecule has 3 rings (SSSR count). The number of aliphatic hydroxyl groups is 2. The lowest BCUT2D eigenvalue weighted by Crippen LogP contribution is -2.39. The zero-order chi connectivity index (χ0) is 57.6. The molecule has 0 saturated heterocycles. The average Bonchev–Trinajstić information content (AvgIpc) is 4.00. The second-order valence-corrected chi connectivity index (χ2v) is 15.9. The van der Waals surface area contributed by atoms with Crippen molar-refractivity contribution in [3.63, 3.8) is 0 Å². The zero-order valence-corrected chi connectivity index (χ0v) is 44.7. The Morgan fingerprint density at radius 3 is 0.855 bits per heavy atom. The van der Waals surface area contributed by atoms with Crippen molar-refractivity contribution in [1.82, 2.24) is 14.7 Å². The van der Waals surface area contributed by atoms with Crippen LogP contribution in [0.5, 0.6) is 0 Å². The summed E-state index contributed by atoms with van der Waals surface area (Å²) in [5, 5.41) is 16.5. The largest absolute Gasteiger partial charge is 0.460 e. The van der Waals surface area contributed by atoms with Crippen LogP contribution in [0.1, 0.15) is 70.2 Å². The summed E-state index contributed by atoms with van der Waals surface area (Å²) in [5.41, 5.74) is 0. The van der Waals surface area contributed by atoms with E-state index in [2.05, 4.69) is 24.5 Å². The number of hydrogen-bond acceptors (Lipinski definition) is 22. The predicted molar refractivity (Wildman–Crippen MR) is 277 cm³/mol. The van der Waals surface area contributed by atoms with Gasteiger partial charge in [0.25, 0.3) is 35.4 Å². The normalized spacial score (nSPS) is 13.4. The van der Waals surface area contributed by atoms with Crippen molar-refractivity contribution in [1.29, 1.82) is 0 Å². The maximum absolute atomic E-state index is 11.4. The van der Waals surface area contributed by atoms with Crippen molar-refractivity contribution in [2.45, 2.75) is 93.4 Å². The molecular weight excluding hydrogens is 1010 g/mol. The molecule has 0 spiro atoms. The van der Waals surface area contributed by atoms with Crippen LogP contribution in [0, 0.1) is 0 Å². The molecule has 2 N–H and O–H groups in total. The molecule has 25 heteroatoms. The standard InChI is InChI=1S/C15H18N2O6.C13H20O6.C6H7NO3.C5H8O3.2C5H12O2.2CH4/c1-15(2,22-9-7-16-11(18)3-4-12(16)19)23-10-8-17-13(20)5-6-14(17)21;1-5-11(14)16-7-9-18-13(3,4)19-10-8-17-12(15)6-2;8-4-3-7-5(9)1-2-6(7)10;1-2-5(7)8-4-3-6;2*1-5(2,6-3)7-4;;/h3-6H,7-10H2,1-2H3;5-6H,1-2,7-10H2,3-4H3;1-2,8H,3-4H2;2,6H,1,3-4H2;2*1-4H3;2*1H4. The van der Waals surface area contributed by atoms with Gasteiger partial charge in [0.2, 0.25) is 0 Å². The van der Waals surface area contributed by atoms with Crippen LogP contribution in [0.2, 0.25) is 0 Å². The fraction of sp³-hybridized carbons (Fsp3) is 0.588. The molecular formula is C51H85N3O22. The van der Waals surface area contributed by atoms with Crippen molar-refractivity contribution >= 4 is 53.4 Å². The molecule has 0 radical (unpaired) electrons. The van der Waals surface area contributed by atoms with Crippen LogP contribution in [-0.2, 0) is 95.3 Å². The van der Waals surface area contributed by atoms with Crippen LogP contribution >= 0.6 is 0 Å². The highest BCUT2D eigenvalue weighted by atomic mass is 16.7. The molecule has 0 bridgehead atoms. The topological polar surface area (TPSA) is 305 Å². The van der Waals surface area contributed by atoms with E-state index >= 15 is 0 Å². The van der Waals surface area contributed by atoms with Gasteiger partial charge < -0.3 is 62.3 Å². The van der Waals surface area contributed by atoms with Crippen LogP contribution in [0.15, 0.2) is 74.4 Å². The molecule has 0 aromatic rings. The second kappa shape index (κ2) is 43.0. The molecule has 0 aromatic heterocycles. The second-order valence-electron chi connectivity index (χ2n) is 15.9. The highest BCUT2D eigenvalue weighted by molar-refractivity contribution is 6.14. The Kier molecular flexibility index (Phi) is 44.6. The van der Waals surface area contributed by atoms with Gasteiger partial charge in [-0.1, -0.05) is 34.6 Å². The summed E-state index contributed by atoms with van der Waals surface area (Å²) in [6.07, 6.45) is 10.4. The number of aliphatic hydroxyl groups excluding tert-OH is 2. The van der Waals surface area contributed by atoms with Crippen LogP contribution in [0.4, 0.5) is 0 Å². The average molecular weight is 1090 g/mol. The highest BCUT2D eigenvalue weighted by Crippen LogP contribution is 2.14. The number of carbonyl (C=O) groups is 9. The smallest absolute Gasteiger partial charge is 0.330 e. The molecule has 0 unspecified atom stereocenters. The van der Waals surface area contributed by atoms with Crippen LogP contribution in [-0.4, -0.2) is 209 Å². The molecule has 76 heavy (non-hydrogen) atoms. The van der Waals surface area contributed by atoms with E-state index in [0.29, 0.717) is 0 Å². The molecule has 3 aliphatic heterocycles. The highest BCUT2D eigenvalue weighted by Gasteiger charge is 2.27. The first-order valence-corrected chi connectivity index (χ1v) is 22.5. The minimum Gasteiger partial charge on any atom is -0.460 e. The van der Waals surface area contributed by atoms with E-state index in [4.69, 9.17) is 57.6 Å². The van der Waals surface area contributed by atoms with Gasteiger partial charge in [-0.2, -0.15) is 0 Å². The number of methoxy groups -OCH3 is 4. The Bertz CT molecular complexity index is 1740. The molecule has 3 aliphatic rings. The number of hydrogen-bond donors (Lipinski definition) is 2. The minimum absolute atomic E-state index is 0. The van der Waals surface area contributed by atoms with Gasteiger partial charge in [-0.25, -0.2) is 14.4 Å². The summed E-state index contributed by atoms with van der Waals surface area (Å²) in [5.74, 6) is -6.33. The van der Waals surface area contributed by atoms with Crippen LogP contribution in [0.3, 0.4) is 0 Å². The lowest BCUT2D eigenvalue weighted by atomic mass is 10.4. The molecule has 0 aliphatic carbocycles. The Labute approximate surface area is 447 Å². The molecule has 0 atom stereocenters. The number of nitrogens with zero attached hydrogens (tertiary/aromatic N) is 3. The Morgan fingerprint density at radius 2 is 0.645 bits per heavy atom. The number of carbonyl (C=O) groups excluding carboxylic acids is 9. The third-order valence-corrected chi connectivity index (χ3v) is 8.91. The van der Waals surface area contributed by atoms with Crippen molar-refractivity contribution in [3.05, 3.63) is 74.4 Å². The Morgan fingerprint density at radius 1 is 0.408 bits per heavy atom. The van der Waals surface area contributed by atoms with E-state index in [0.717, 1.165) is 32.9 Å². The Hall–Kier alpha value is -6.13. The van der Waals surface area contributed by atoms with Gasteiger partial charge in [0, 0.05) is 83.1 Å². The first kappa shape index (κ1) is 78.8. The summed E-state index contributed by atoms with van der Waals surface area (Å²) in [4.78, 5) is 102. The van der Waals surface area contributed by atoms with E-state index < -0.39 is 41.1 Å². The summed E-state index contributed by atoms with van der Waals surface area (Å²) in [6.45, 7) is 24.8. The molecule has 436 valence electrons. The van der Waals surface area contributed by atoms with Gasteiger partial charge in [0.05, 0.1) is 59.3 Å². The number of rotatable bonds is 27. The molecule has 6 amide bonds. The third-order valence-electron chi connectivity index (χ3n) is 8.91. The van der Waals surface area contributed by atoms with Crippen molar-refractivity contribution < 1.29 is 105 Å². The molecule has 0 aromatic carbocycles. The summed E-state index contributed by atoms with van der Waals surface area (Å²) in [7, 11) is 6.46. The number of amides is 6. The quantitative estimate of drug-likeness (QED) is 0.0298. The van der Waals surface area contributed by atoms with Gasteiger partial charge >= 0.3 is 17.9 Å². The van der Waals surface area contributed by atoms with Crippen molar-refractivity contribution in [3.8, 4) is 0 Å². The molecule has 3 heterocycles. The number of imide groups is 3. The van der Waals surface area contributed by atoms with E-state index in [9.17, 15) is 43.2 Å². The summed E-state index contributed by atoms with van der Waals surface area (Å²) < 4.78 is 55.0. The van der Waals surface area contributed by atoms with Gasteiger partial charge in [0.1, 0.15) is 19.8 Å². The maximum Gasteiger partial charge on any atom is 0.330 e. The first-order valence-electron chi connectivity index (χ1n) is 22.5. The van der Waals surface area contributed by atoms with E-state index in [1.807, 2.05) is 27.7 Å². The van der Waals surface area contributed by atoms with E-state index in [1.165, 1.54) is 36.5 Å². The van der Waals surface area contributed by atoms with Gasteiger partial charge in [-0.05, 0) is 55.4 Å². The molecule has 0 fully saturated rings. The van der Waals surface area contributed by atoms with E-state index in [1.54, 1.807) is 56.1 Å². The van der Waals surface area contributed by atoms with Crippen molar-refractivity contribution in [2.75, 3.05) is 108 Å². The minimum atomic E-state index is -0.974. The van der Waals surface area contributed by atoms with Crippen LogP contribution in [0.25, 0.3) is 0 Å². The monoisotopic (exact) mass is 1090 g/mol. The number of ether oxygens (including phenoxy) is 11. The lowest BCUT2D eigenvalue weighted by molar-refractivity contribution is -0.222.